The summed E-state index contributed by atoms with van der Waals surface area (Å²) in [4.78, 5) is 33.3. The summed E-state index contributed by atoms with van der Waals surface area (Å²) in [7, 11) is 1.56. The van der Waals surface area contributed by atoms with Crippen molar-refractivity contribution in [1.82, 2.24) is 14.8 Å². The van der Waals surface area contributed by atoms with Gasteiger partial charge in [0.05, 0.1) is 11.1 Å². The highest BCUT2D eigenvalue weighted by atomic mass is 32.1. The number of amides is 1. The number of thiazole rings is 1. The van der Waals surface area contributed by atoms with Gasteiger partial charge in [0.25, 0.3) is 11.5 Å². The fourth-order valence-electron chi connectivity index (χ4n) is 3.42. The summed E-state index contributed by atoms with van der Waals surface area (Å²) in [5.74, 6) is -0.271. The lowest BCUT2D eigenvalue weighted by molar-refractivity contribution is 0.0984. The quantitative estimate of drug-likeness (QED) is 0.652. The van der Waals surface area contributed by atoms with Crippen LogP contribution >= 0.6 is 11.3 Å². The molecule has 0 atom stereocenters. The number of benzene rings is 1. The van der Waals surface area contributed by atoms with Gasteiger partial charge in [-0.3, -0.25) is 14.5 Å². The number of aromatic nitrogens is 3. The van der Waals surface area contributed by atoms with Crippen LogP contribution in [0.1, 0.15) is 33.9 Å². The molecule has 1 aromatic carbocycles. The summed E-state index contributed by atoms with van der Waals surface area (Å²) in [6, 6.07) is 7.07. The van der Waals surface area contributed by atoms with E-state index in [1.165, 1.54) is 9.56 Å². The number of carbonyl (C=O) groups is 1. The Morgan fingerprint density at radius 1 is 1.30 bits per heavy atom. The predicted octanol–water partition coefficient (Wildman–Crippen LogP) is 3.10. The molecule has 1 aliphatic rings. The first-order valence-corrected chi connectivity index (χ1v) is 9.79. The van der Waals surface area contributed by atoms with E-state index < -0.39 is 0 Å². The number of anilines is 1. The number of fused-ring (bicyclic) bond motifs is 2. The van der Waals surface area contributed by atoms with Crippen LogP contribution in [0.3, 0.4) is 0 Å². The first kappa shape index (κ1) is 17.6. The highest BCUT2D eigenvalue weighted by Gasteiger charge is 2.26. The van der Waals surface area contributed by atoms with Crippen LogP contribution in [0.15, 0.2) is 41.7 Å². The minimum absolute atomic E-state index is 0.220. The lowest BCUT2D eigenvalue weighted by atomic mass is 10.0. The number of aryl methyl sites for hydroxylation is 3. The van der Waals surface area contributed by atoms with Crippen molar-refractivity contribution in [3.63, 3.8) is 0 Å². The number of hydrogen-bond donors (Lipinski definition) is 0. The van der Waals surface area contributed by atoms with Gasteiger partial charge in [-0.15, -0.1) is 17.9 Å². The van der Waals surface area contributed by atoms with E-state index >= 15 is 0 Å². The smallest absolute Gasteiger partial charge is 0.279 e. The zero-order chi connectivity index (χ0) is 19.0. The number of carbonyl (C=O) groups excluding carboxylic acids is 1. The van der Waals surface area contributed by atoms with Crippen LogP contribution in [0.25, 0.3) is 10.8 Å². The Balaban J connectivity index is 1.83. The summed E-state index contributed by atoms with van der Waals surface area (Å²) < 4.78 is 1.22. The van der Waals surface area contributed by atoms with E-state index in [4.69, 9.17) is 4.98 Å². The molecule has 138 valence electrons. The van der Waals surface area contributed by atoms with E-state index in [1.54, 1.807) is 53.6 Å². The van der Waals surface area contributed by atoms with Crippen LogP contribution in [-0.4, -0.2) is 27.2 Å². The normalized spacial score (nSPS) is 13.4. The van der Waals surface area contributed by atoms with Crippen LogP contribution in [-0.2, 0) is 19.9 Å². The molecule has 0 fully saturated rings. The zero-order valence-corrected chi connectivity index (χ0v) is 16.0. The Kier molecular flexibility index (Phi) is 4.61. The molecule has 27 heavy (non-hydrogen) atoms. The third-order valence-electron chi connectivity index (χ3n) is 4.78. The Morgan fingerprint density at radius 2 is 2.04 bits per heavy atom. The van der Waals surface area contributed by atoms with Gasteiger partial charge in [0, 0.05) is 23.9 Å². The van der Waals surface area contributed by atoms with Crippen molar-refractivity contribution in [3.8, 4) is 0 Å². The molecule has 0 bridgehead atoms. The monoisotopic (exact) mass is 380 g/mol. The maximum Gasteiger partial charge on any atom is 0.281 e. The fourth-order valence-corrected chi connectivity index (χ4v) is 4.57. The predicted molar refractivity (Wildman–Crippen MR) is 108 cm³/mol. The van der Waals surface area contributed by atoms with Gasteiger partial charge in [-0.05, 0) is 31.7 Å². The van der Waals surface area contributed by atoms with E-state index in [2.05, 4.69) is 11.7 Å². The molecule has 1 amide bonds. The molecule has 1 aliphatic carbocycles. The van der Waals surface area contributed by atoms with Crippen LogP contribution in [0.2, 0.25) is 0 Å². The molecule has 3 aromatic rings. The molecule has 2 heterocycles. The Labute approximate surface area is 160 Å². The van der Waals surface area contributed by atoms with Crippen molar-refractivity contribution in [2.75, 3.05) is 11.4 Å². The molecule has 4 rings (SSSR count). The van der Waals surface area contributed by atoms with Crippen molar-refractivity contribution in [3.05, 3.63) is 63.5 Å². The summed E-state index contributed by atoms with van der Waals surface area (Å²) in [6.45, 7) is 4.12. The largest absolute Gasteiger partial charge is 0.281 e. The molecule has 0 saturated heterocycles. The maximum atomic E-state index is 13.4. The minimum atomic E-state index is -0.271. The van der Waals surface area contributed by atoms with Gasteiger partial charge in [0.2, 0.25) is 0 Å². The molecule has 0 radical (unpaired) electrons. The summed E-state index contributed by atoms with van der Waals surface area (Å²) >= 11 is 1.57. The van der Waals surface area contributed by atoms with Crippen LogP contribution in [0.5, 0.6) is 0 Å². The number of nitrogens with zero attached hydrogens (tertiary/aromatic N) is 4. The summed E-state index contributed by atoms with van der Waals surface area (Å²) in [5.41, 5.74) is 1.13. The molecule has 0 spiro atoms. The second kappa shape index (κ2) is 7.08. The molecular formula is C20H20N4O2S. The number of hydrogen-bond acceptors (Lipinski definition) is 5. The van der Waals surface area contributed by atoms with Gasteiger partial charge in [-0.2, -0.15) is 5.10 Å². The molecule has 0 saturated carbocycles. The lowest BCUT2D eigenvalue weighted by Crippen LogP contribution is -2.34. The lowest BCUT2D eigenvalue weighted by Gasteiger charge is -2.18. The van der Waals surface area contributed by atoms with Crippen molar-refractivity contribution in [2.24, 2.45) is 7.05 Å². The first-order valence-electron chi connectivity index (χ1n) is 8.97. The Bertz CT molecular complexity index is 1080. The molecular weight excluding hydrogens is 360 g/mol. The van der Waals surface area contributed by atoms with Crippen LogP contribution in [0.4, 0.5) is 5.13 Å². The Hall–Kier alpha value is -2.80. The first-order chi connectivity index (χ1) is 13.1. The average molecular weight is 380 g/mol. The summed E-state index contributed by atoms with van der Waals surface area (Å²) in [5, 5.41) is 5.98. The van der Waals surface area contributed by atoms with Gasteiger partial charge in [-0.25, -0.2) is 9.67 Å². The fraction of sp³-hybridized carbons (Fsp3) is 0.300. The highest BCUT2D eigenvalue weighted by molar-refractivity contribution is 7.16. The Morgan fingerprint density at radius 3 is 2.78 bits per heavy atom. The maximum absolute atomic E-state index is 13.4. The van der Waals surface area contributed by atoms with E-state index in [9.17, 15) is 9.59 Å². The number of rotatable bonds is 4. The van der Waals surface area contributed by atoms with Gasteiger partial charge in [0.15, 0.2) is 10.8 Å². The molecule has 0 unspecified atom stereocenters. The molecule has 2 aromatic heterocycles. The topological polar surface area (TPSA) is 68.1 Å². The molecule has 0 aliphatic heterocycles. The SMILES string of the molecule is C=CCN(C(=O)c1nn(C)c(=O)c2ccccc12)c1nc2c(s1)CCCC2. The van der Waals surface area contributed by atoms with E-state index in [0.29, 0.717) is 22.4 Å². The third kappa shape index (κ3) is 3.08. The third-order valence-corrected chi connectivity index (χ3v) is 5.96. The molecule has 0 N–H and O–H groups in total. The van der Waals surface area contributed by atoms with Gasteiger partial charge < -0.3 is 0 Å². The van der Waals surface area contributed by atoms with Crippen LogP contribution < -0.4 is 10.5 Å². The minimum Gasteiger partial charge on any atom is -0.279 e. The standard InChI is InChI=1S/C20H20N4O2S/c1-3-12-24(20-21-15-10-6-7-11-16(15)27-20)19(26)17-13-8-4-5-9-14(13)18(25)23(2)22-17/h3-5,8-9H,1,6-7,10-12H2,2H3. The van der Waals surface area contributed by atoms with Crippen molar-refractivity contribution in [1.29, 1.82) is 0 Å². The van der Waals surface area contributed by atoms with E-state index in [1.807, 2.05) is 0 Å². The van der Waals surface area contributed by atoms with Crippen LogP contribution in [0, 0.1) is 0 Å². The molecule has 7 heteroatoms. The van der Waals surface area contributed by atoms with E-state index in [-0.39, 0.29) is 17.2 Å². The molecule has 6 nitrogen and oxygen atoms in total. The van der Waals surface area contributed by atoms with Gasteiger partial charge in [-0.1, -0.05) is 24.3 Å². The van der Waals surface area contributed by atoms with Crippen molar-refractivity contribution < 1.29 is 4.79 Å². The van der Waals surface area contributed by atoms with Crippen molar-refractivity contribution in [2.45, 2.75) is 25.7 Å². The van der Waals surface area contributed by atoms with Crippen molar-refractivity contribution >= 4 is 33.1 Å². The summed E-state index contributed by atoms with van der Waals surface area (Å²) in [6.07, 6.45) is 5.96. The van der Waals surface area contributed by atoms with Gasteiger partial charge in [0.1, 0.15) is 0 Å². The average Bonchev–Trinajstić information content (AvgIpc) is 3.12. The second-order valence-electron chi connectivity index (χ2n) is 6.60. The van der Waals surface area contributed by atoms with E-state index in [0.717, 1.165) is 31.4 Å². The second-order valence-corrected chi connectivity index (χ2v) is 7.66. The highest BCUT2D eigenvalue weighted by Crippen LogP contribution is 2.32. The zero-order valence-electron chi connectivity index (χ0n) is 15.1. The van der Waals surface area contributed by atoms with Gasteiger partial charge >= 0.3 is 0 Å².